The lowest BCUT2D eigenvalue weighted by molar-refractivity contribution is 0.194. The van der Waals surface area contributed by atoms with Gasteiger partial charge in [0, 0.05) is 6.04 Å². The van der Waals surface area contributed by atoms with E-state index in [1.54, 1.807) is 0 Å². The molecular formula is C11H25N. The molecule has 0 aromatic heterocycles. The molecule has 74 valence electrons. The highest BCUT2D eigenvalue weighted by atomic mass is 14.9. The average Bonchev–Trinajstić information content (AvgIpc) is 1.97. The van der Waals surface area contributed by atoms with Crippen LogP contribution in [0, 0.1) is 11.3 Å². The number of hydrogen-bond acceptors (Lipinski definition) is 1. The van der Waals surface area contributed by atoms with Crippen molar-refractivity contribution in [3.05, 3.63) is 0 Å². The minimum absolute atomic E-state index is 0.419. The zero-order valence-electron chi connectivity index (χ0n) is 9.57. The fraction of sp³-hybridized carbons (Fsp3) is 1.00. The zero-order valence-corrected chi connectivity index (χ0v) is 9.57. The maximum absolute atomic E-state index is 3.54. The first-order valence-electron chi connectivity index (χ1n) is 5.16. The molecular weight excluding hydrogens is 146 g/mol. The summed E-state index contributed by atoms with van der Waals surface area (Å²) in [5, 5.41) is 3.54. The van der Waals surface area contributed by atoms with Crippen molar-refractivity contribution in [2.75, 3.05) is 6.54 Å². The summed E-state index contributed by atoms with van der Waals surface area (Å²) in [5.41, 5.74) is 0.419. The van der Waals surface area contributed by atoms with E-state index in [9.17, 15) is 0 Å². The predicted octanol–water partition coefficient (Wildman–Crippen LogP) is 3.06. The number of hydrogen-bond donors (Lipinski definition) is 1. The summed E-state index contributed by atoms with van der Waals surface area (Å²) in [7, 11) is 0. The van der Waals surface area contributed by atoms with Crippen molar-refractivity contribution in [1.29, 1.82) is 0 Å². The van der Waals surface area contributed by atoms with Crippen LogP contribution in [0.2, 0.25) is 0 Å². The Balaban J connectivity index is 4.11. The first-order chi connectivity index (χ1) is 5.43. The van der Waals surface area contributed by atoms with Crippen LogP contribution in [0.4, 0.5) is 0 Å². The van der Waals surface area contributed by atoms with E-state index in [1.807, 2.05) is 0 Å². The molecule has 0 heterocycles. The second-order valence-electron chi connectivity index (χ2n) is 4.73. The quantitative estimate of drug-likeness (QED) is 0.685. The Morgan fingerprint density at radius 1 is 1.17 bits per heavy atom. The van der Waals surface area contributed by atoms with Gasteiger partial charge in [0.1, 0.15) is 0 Å². The molecule has 0 aromatic carbocycles. The highest BCUT2D eigenvalue weighted by Gasteiger charge is 2.26. The van der Waals surface area contributed by atoms with E-state index in [0.717, 1.165) is 12.5 Å². The minimum atomic E-state index is 0.419. The van der Waals surface area contributed by atoms with Crippen LogP contribution < -0.4 is 5.32 Å². The SMILES string of the molecule is CCNC(CC)C(C)C(C)(C)C. The third-order valence-electron chi connectivity index (χ3n) is 2.88. The molecule has 0 bridgehead atoms. The van der Waals surface area contributed by atoms with E-state index in [4.69, 9.17) is 0 Å². The molecule has 1 N–H and O–H groups in total. The smallest absolute Gasteiger partial charge is 0.00949 e. The van der Waals surface area contributed by atoms with Crippen LogP contribution in [-0.2, 0) is 0 Å². The van der Waals surface area contributed by atoms with Gasteiger partial charge in [-0.25, -0.2) is 0 Å². The Bertz CT molecular complexity index is 113. The highest BCUT2D eigenvalue weighted by molar-refractivity contribution is 4.80. The molecule has 0 aliphatic heterocycles. The molecule has 0 radical (unpaired) electrons. The van der Waals surface area contributed by atoms with E-state index in [2.05, 4.69) is 46.9 Å². The summed E-state index contributed by atoms with van der Waals surface area (Å²) < 4.78 is 0. The van der Waals surface area contributed by atoms with Gasteiger partial charge in [-0.1, -0.05) is 41.5 Å². The molecule has 1 nitrogen and oxygen atoms in total. The molecule has 0 fully saturated rings. The van der Waals surface area contributed by atoms with Crippen LogP contribution in [-0.4, -0.2) is 12.6 Å². The van der Waals surface area contributed by atoms with Crippen molar-refractivity contribution in [3.63, 3.8) is 0 Å². The number of nitrogens with one attached hydrogen (secondary N) is 1. The first-order valence-corrected chi connectivity index (χ1v) is 5.16. The van der Waals surface area contributed by atoms with Gasteiger partial charge >= 0.3 is 0 Å². The van der Waals surface area contributed by atoms with Gasteiger partial charge in [-0.2, -0.15) is 0 Å². The monoisotopic (exact) mass is 171 g/mol. The molecule has 1 heteroatoms. The van der Waals surface area contributed by atoms with Crippen LogP contribution in [0.25, 0.3) is 0 Å². The molecule has 12 heavy (non-hydrogen) atoms. The van der Waals surface area contributed by atoms with Crippen molar-refractivity contribution in [1.82, 2.24) is 5.32 Å². The van der Waals surface area contributed by atoms with E-state index in [0.29, 0.717) is 11.5 Å². The Kier molecular flexibility index (Phi) is 4.84. The average molecular weight is 171 g/mol. The normalized spacial score (nSPS) is 17.5. The Morgan fingerprint density at radius 2 is 1.67 bits per heavy atom. The first kappa shape index (κ1) is 12.0. The van der Waals surface area contributed by atoms with Crippen molar-refractivity contribution in [2.24, 2.45) is 11.3 Å². The van der Waals surface area contributed by atoms with Gasteiger partial charge in [0.15, 0.2) is 0 Å². The largest absolute Gasteiger partial charge is 0.314 e. The van der Waals surface area contributed by atoms with Crippen LogP contribution in [0.5, 0.6) is 0 Å². The lowest BCUT2D eigenvalue weighted by Gasteiger charge is -2.34. The molecule has 0 saturated heterocycles. The van der Waals surface area contributed by atoms with Gasteiger partial charge in [-0.15, -0.1) is 0 Å². The van der Waals surface area contributed by atoms with E-state index < -0.39 is 0 Å². The van der Waals surface area contributed by atoms with Gasteiger partial charge in [0.05, 0.1) is 0 Å². The Labute approximate surface area is 77.9 Å². The van der Waals surface area contributed by atoms with Crippen LogP contribution in [0.1, 0.15) is 48.0 Å². The van der Waals surface area contributed by atoms with Crippen molar-refractivity contribution < 1.29 is 0 Å². The van der Waals surface area contributed by atoms with Crippen molar-refractivity contribution in [2.45, 2.75) is 54.0 Å². The molecule has 0 aromatic rings. The molecule has 0 amide bonds. The summed E-state index contributed by atoms with van der Waals surface area (Å²) in [5.74, 6) is 0.738. The fourth-order valence-corrected chi connectivity index (χ4v) is 1.54. The number of rotatable bonds is 4. The minimum Gasteiger partial charge on any atom is -0.314 e. The molecule has 2 atom stereocenters. The molecule has 2 unspecified atom stereocenters. The Hall–Kier alpha value is -0.0400. The van der Waals surface area contributed by atoms with Gasteiger partial charge in [0.2, 0.25) is 0 Å². The van der Waals surface area contributed by atoms with E-state index in [-0.39, 0.29) is 0 Å². The zero-order chi connectivity index (χ0) is 9.78. The second-order valence-corrected chi connectivity index (χ2v) is 4.73. The summed E-state index contributed by atoms with van der Waals surface area (Å²) in [4.78, 5) is 0. The third-order valence-corrected chi connectivity index (χ3v) is 2.88. The molecule has 0 rings (SSSR count). The lowest BCUT2D eigenvalue weighted by Crippen LogP contribution is -2.40. The maximum Gasteiger partial charge on any atom is 0.00949 e. The fourth-order valence-electron chi connectivity index (χ4n) is 1.54. The van der Waals surface area contributed by atoms with Gasteiger partial charge in [0.25, 0.3) is 0 Å². The van der Waals surface area contributed by atoms with Crippen LogP contribution >= 0.6 is 0 Å². The maximum atomic E-state index is 3.54. The third kappa shape index (κ3) is 3.57. The van der Waals surface area contributed by atoms with Gasteiger partial charge < -0.3 is 5.32 Å². The molecule has 0 aliphatic rings. The standard InChI is InChI=1S/C11H25N/c1-7-10(12-8-2)9(3)11(4,5)6/h9-10,12H,7-8H2,1-6H3. The Morgan fingerprint density at radius 3 is 1.92 bits per heavy atom. The van der Waals surface area contributed by atoms with E-state index >= 15 is 0 Å². The molecule has 0 spiro atoms. The summed E-state index contributed by atoms with van der Waals surface area (Å²) in [6, 6.07) is 0.676. The van der Waals surface area contributed by atoms with Crippen LogP contribution in [0.15, 0.2) is 0 Å². The summed E-state index contributed by atoms with van der Waals surface area (Å²) >= 11 is 0. The van der Waals surface area contributed by atoms with Gasteiger partial charge in [-0.3, -0.25) is 0 Å². The topological polar surface area (TPSA) is 12.0 Å². The summed E-state index contributed by atoms with van der Waals surface area (Å²) in [6.07, 6.45) is 1.23. The van der Waals surface area contributed by atoms with E-state index in [1.165, 1.54) is 6.42 Å². The second kappa shape index (κ2) is 4.86. The lowest BCUT2D eigenvalue weighted by atomic mass is 9.77. The predicted molar refractivity (Wildman–Crippen MR) is 56.4 cm³/mol. The van der Waals surface area contributed by atoms with Crippen LogP contribution in [0.3, 0.4) is 0 Å². The summed E-state index contributed by atoms with van der Waals surface area (Å²) in [6.45, 7) is 14.8. The van der Waals surface area contributed by atoms with Crippen molar-refractivity contribution in [3.8, 4) is 0 Å². The molecule has 0 aliphatic carbocycles. The van der Waals surface area contributed by atoms with Gasteiger partial charge in [-0.05, 0) is 24.3 Å². The highest BCUT2D eigenvalue weighted by Crippen LogP contribution is 2.29. The molecule has 0 saturated carbocycles. The van der Waals surface area contributed by atoms with Crippen molar-refractivity contribution >= 4 is 0 Å².